The van der Waals surface area contributed by atoms with Crippen molar-refractivity contribution >= 4 is 22.4 Å². The van der Waals surface area contributed by atoms with Gasteiger partial charge in [-0.1, -0.05) is 0 Å². The average molecular weight is 416 g/mol. The Morgan fingerprint density at radius 2 is 1.83 bits per heavy atom. The Morgan fingerprint density at radius 1 is 1.07 bits per heavy atom. The quantitative estimate of drug-likeness (QED) is 0.584. The van der Waals surface area contributed by atoms with Gasteiger partial charge in [-0.3, -0.25) is 4.79 Å². The minimum Gasteiger partial charge on any atom is -0.497 e. The topological polar surface area (TPSA) is 69.7 Å². The summed E-state index contributed by atoms with van der Waals surface area (Å²) in [5, 5.41) is 5.01. The fraction of sp³-hybridized carbons (Fsp3) is 0.238. The molecule has 0 unspecified atom stereocenters. The van der Waals surface area contributed by atoms with Gasteiger partial charge in [-0.25, -0.2) is 9.37 Å². The number of nitrogens with zero attached hydrogens (tertiary/aromatic N) is 1. The van der Waals surface area contributed by atoms with E-state index in [2.05, 4.69) is 10.3 Å². The third kappa shape index (κ3) is 5.03. The molecule has 0 aliphatic heterocycles. The fourth-order valence-corrected chi connectivity index (χ4v) is 3.53. The first kappa shape index (κ1) is 20.6. The number of thiazole rings is 1. The lowest BCUT2D eigenvalue weighted by molar-refractivity contribution is -0.116. The summed E-state index contributed by atoms with van der Waals surface area (Å²) in [6.07, 6.45) is 0.754. The first-order chi connectivity index (χ1) is 14.0. The largest absolute Gasteiger partial charge is 0.497 e. The van der Waals surface area contributed by atoms with E-state index in [4.69, 9.17) is 14.2 Å². The summed E-state index contributed by atoms with van der Waals surface area (Å²) < 4.78 is 29.4. The van der Waals surface area contributed by atoms with E-state index in [0.717, 1.165) is 5.56 Å². The first-order valence-electron chi connectivity index (χ1n) is 8.84. The Balaban J connectivity index is 1.63. The number of aryl methyl sites for hydroxylation is 1. The lowest BCUT2D eigenvalue weighted by Gasteiger charge is -2.10. The van der Waals surface area contributed by atoms with Crippen LogP contribution < -0.4 is 19.5 Å². The highest BCUT2D eigenvalue weighted by Crippen LogP contribution is 2.29. The van der Waals surface area contributed by atoms with E-state index >= 15 is 0 Å². The number of amides is 1. The number of benzene rings is 2. The molecule has 29 heavy (non-hydrogen) atoms. The molecule has 0 aliphatic carbocycles. The van der Waals surface area contributed by atoms with E-state index in [1.807, 2.05) is 18.2 Å². The van der Waals surface area contributed by atoms with Crippen LogP contribution in [0.5, 0.6) is 17.2 Å². The molecule has 1 heterocycles. The van der Waals surface area contributed by atoms with Gasteiger partial charge in [0.25, 0.3) is 0 Å². The molecule has 3 aromatic rings. The lowest BCUT2D eigenvalue weighted by atomic mass is 10.1. The van der Waals surface area contributed by atoms with Gasteiger partial charge in [0.2, 0.25) is 5.91 Å². The Labute approximate surface area is 172 Å². The molecule has 0 fully saturated rings. The SMILES string of the molecule is COc1ccc(OC)c(CCC(=O)Nc2nc(-c3ccc(OC)c(F)c3)cs2)c1. The summed E-state index contributed by atoms with van der Waals surface area (Å²) >= 11 is 1.28. The number of methoxy groups -OCH3 is 3. The van der Waals surface area contributed by atoms with Crippen LogP contribution in [0.1, 0.15) is 12.0 Å². The van der Waals surface area contributed by atoms with Gasteiger partial charge in [0.05, 0.1) is 27.0 Å². The Kier molecular flexibility index (Phi) is 6.66. The van der Waals surface area contributed by atoms with Crippen LogP contribution in [-0.2, 0) is 11.2 Å². The summed E-state index contributed by atoms with van der Waals surface area (Å²) in [6.45, 7) is 0. The third-order valence-electron chi connectivity index (χ3n) is 4.31. The van der Waals surface area contributed by atoms with Gasteiger partial charge in [-0.2, -0.15) is 0 Å². The second kappa shape index (κ2) is 9.38. The van der Waals surface area contributed by atoms with Crippen molar-refractivity contribution in [3.8, 4) is 28.5 Å². The van der Waals surface area contributed by atoms with E-state index in [9.17, 15) is 9.18 Å². The molecule has 0 radical (unpaired) electrons. The standard InChI is InChI=1S/C21H21FN2O4S/c1-26-15-6-8-18(27-2)14(10-15)5-9-20(25)24-21-23-17(12-29-21)13-4-7-19(28-3)16(22)11-13/h4,6-8,10-12H,5,9H2,1-3H3,(H,23,24,25). The molecule has 0 spiro atoms. The molecule has 3 rings (SSSR count). The summed E-state index contributed by atoms with van der Waals surface area (Å²) in [5.74, 6) is 0.951. The van der Waals surface area contributed by atoms with Crippen LogP contribution >= 0.6 is 11.3 Å². The number of rotatable bonds is 8. The smallest absolute Gasteiger partial charge is 0.226 e. The van der Waals surface area contributed by atoms with Crippen LogP contribution in [0, 0.1) is 5.82 Å². The highest BCUT2D eigenvalue weighted by atomic mass is 32.1. The van der Waals surface area contributed by atoms with E-state index in [-0.39, 0.29) is 18.1 Å². The van der Waals surface area contributed by atoms with Crippen LogP contribution in [0.4, 0.5) is 9.52 Å². The summed E-state index contributed by atoms with van der Waals surface area (Å²) in [7, 11) is 4.59. The van der Waals surface area contributed by atoms with Crippen LogP contribution in [0.2, 0.25) is 0 Å². The van der Waals surface area contributed by atoms with Crippen molar-refractivity contribution in [1.82, 2.24) is 4.98 Å². The van der Waals surface area contributed by atoms with Crippen molar-refractivity contribution in [3.05, 3.63) is 53.2 Å². The van der Waals surface area contributed by atoms with Crippen molar-refractivity contribution in [2.45, 2.75) is 12.8 Å². The van der Waals surface area contributed by atoms with Crippen LogP contribution in [0.25, 0.3) is 11.3 Å². The van der Waals surface area contributed by atoms with Gasteiger partial charge in [0.15, 0.2) is 16.7 Å². The van der Waals surface area contributed by atoms with E-state index in [1.54, 1.807) is 31.7 Å². The maximum Gasteiger partial charge on any atom is 0.226 e. The van der Waals surface area contributed by atoms with Crippen molar-refractivity contribution < 1.29 is 23.4 Å². The molecule has 1 amide bonds. The molecule has 1 N–H and O–H groups in total. The minimum atomic E-state index is -0.462. The zero-order valence-corrected chi connectivity index (χ0v) is 17.1. The molecule has 1 aromatic heterocycles. The number of halogens is 1. The van der Waals surface area contributed by atoms with Crippen molar-refractivity contribution in [1.29, 1.82) is 0 Å². The van der Waals surface area contributed by atoms with Gasteiger partial charge in [-0.15, -0.1) is 11.3 Å². The van der Waals surface area contributed by atoms with Gasteiger partial charge in [0, 0.05) is 17.4 Å². The minimum absolute atomic E-state index is 0.170. The number of nitrogens with one attached hydrogen (secondary N) is 1. The number of carbonyl (C=O) groups excluding carboxylic acids is 1. The Hall–Kier alpha value is -3.13. The zero-order valence-electron chi connectivity index (χ0n) is 16.3. The molecule has 0 saturated carbocycles. The summed E-state index contributed by atoms with van der Waals surface area (Å²) in [6, 6.07) is 10.1. The fourth-order valence-electron chi connectivity index (χ4n) is 2.80. The summed E-state index contributed by atoms with van der Waals surface area (Å²) in [5.41, 5.74) is 2.08. The lowest BCUT2D eigenvalue weighted by Crippen LogP contribution is -2.12. The normalized spacial score (nSPS) is 10.5. The molecule has 0 bridgehead atoms. The number of aromatic nitrogens is 1. The molecule has 0 aliphatic rings. The number of anilines is 1. The van der Waals surface area contributed by atoms with E-state index < -0.39 is 5.82 Å². The second-order valence-electron chi connectivity index (χ2n) is 6.11. The number of carbonyl (C=O) groups is 1. The Bertz CT molecular complexity index is 1010. The molecule has 152 valence electrons. The molecule has 0 atom stereocenters. The highest BCUT2D eigenvalue weighted by Gasteiger charge is 2.12. The molecule has 6 nitrogen and oxygen atoms in total. The van der Waals surface area contributed by atoms with Gasteiger partial charge >= 0.3 is 0 Å². The van der Waals surface area contributed by atoms with Crippen molar-refractivity contribution in [2.75, 3.05) is 26.6 Å². The summed E-state index contributed by atoms with van der Waals surface area (Å²) in [4.78, 5) is 16.7. The second-order valence-corrected chi connectivity index (χ2v) is 6.97. The van der Waals surface area contributed by atoms with Crippen molar-refractivity contribution in [2.24, 2.45) is 0 Å². The van der Waals surface area contributed by atoms with Crippen LogP contribution in [-0.4, -0.2) is 32.2 Å². The molecule has 0 saturated heterocycles. The highest BCUT2D eigenvalue weighted by molar-refractivity contribution is 7.14. The first-order valence-corrected chi connectivity index (χ1v) is 9.72. The molecular formula is C21H21FN2O4S. The average Bonchev–Trinajstić information content (AvgIpc) is 3.20. The number of hydrogen-bond donors (Lipinski definition) is 1. The Morgan fingerprint density at radius 3 is 2.52 bits per heavy atom. The van der Waals surface area contributed by atoms with Gasteiger partial charge < -0.3 is 19.5 Å². The monoisotopic (exact) mass is 416 g/mol. The van der Waals surface area contributed by atoms with E-state index in [0.29, 0.717) is 34.3 Å². The van der Waals surface area contributed by atoms with Crippen LogP contribution in [0.3, 0.4) is 0 Å². The predicted molar refractivity (Wildman–Crippen MR) is 111 cm³/mol. The number of hydrogen-bond acceptors (Lipinski definition) is 6. The van der Waals surface area contributed by atoms with Gasteiger partial charge in [0.1, 0.15) is 11.5 Å². The molecular weight excluding hydrogens is 395 g/mol. The molecule has 2 aromatic carbocycles. The number of ether oxygens (including phenoxy) is 3. The predicted octanol–water partition coefficient (Wildman–Crippen LogP) is 4.55. The van der Waals surface area contributed by atoms with Gasteiger partial charge in [-0.05, 0) is 48.4 Å². The van der Waals surface area contributed by atoms with Crippen LogP contribution in [0.15, 0.2) is 41.8 Å². The maximum absolute atomic E-state index is 13.9. The van der Waals surface area contributed by atoms with Crippen molar-refractivity contribution in [3.63, 3.8) is 0 Å². The third-order valence-corrected chi connectivity index (χ3v) is 5.06. The zero-order chi connectivity index (χ0) is 20.8. The van der Waals surface area contributed by atoms with E-state index in [1.165, 1.54) is 24.5 Å². The maximum atomic E-state index is 13.9. The molecule has 8 heteroatoms.